The second-order valence-electron chi connectivity index (χ2n) is 5.84. The fourth-order valence-corrected chi connectivity index (χ4v) is 2.42. The van der Waals surface area contributed by atoms with Crippen LogP contribution >= 0.6 is 0 Å². The number of hydrogen-bond acceptors (Lipinski definition) is 4. The highest BCUT2D eigenvalue weighted by atomic mass is 16.1. The maximum Gasteiger partial charge on any atom is 0.257 e. The second kappa shape index (κ2) is 5.72. The van der Waals surface area contributed by atoms with Crippen LogP contribution < -0.4 is 10.6 Å². The van der Waals surface area contributed by atoms with Crippen molar-refractivity contribution in [3.8, 4) is 0 Å². The molecule has 0 spiro atoms. The molecule has 0 bridgehead atoms. The van der Waals surface area contributed by atoms with Crippen molar-refractivity contribution in [3.05, 3.63) is 48.4 Å². The van der Waals surface area contributed by atoms with Crippen LogP contribution in [0, 0.1) is 5.92 Å². The topological polar surface area (TPSA) is 82.7 Å². The Bertz CT molecular complexity index is 836. The van der Waals surface area contributed by atoms with E-state index in [4.69, 9.17) is 0 Å². The molecular formula is C17H17N5O. The molecule has 1 fully saturated rings. The third kappa shape index (κ3) is 3.15. The lowest BCUT2D eigenvalue weighted by molar-refractivity contribution is 0.102. The van der Waals surface area contributed by atoms with E-state index in [2.05, 4.69) is 25.6 Å². The fraction of sp³-hybridized carbons (Fsp3) is 0.235. The van der Waals surface area contributed by atoms with Crippen molar-refractivity contribution in [3.63, 3.8) is 0 Å². The van der Waals surface area contributed by atoms with Gasteiger partial charge in [0.2, 0.25) is 0 Å². The predicted molar refractivity (Wildman–Crippen MR) is 89.5 cm³/mol. The number of aromatic amines is 1. The van der Waals surface area contributed by atoms with Crippen LogP contribution in [-0.2, 0) is 0 Å². The molecule has 4 rings (SSSR count). The molecular weight excluding hydrogens is 290 g/mol. The summed E-state index contributed by atoms with van der Waals surface area (Å²) in [5, 5.41) is 6.16. The fourth-order valence-electron chi connectivity index (χ4n) is 2.42. The van der Waals surface area contributed by atoms with Gasteiger partial charge in [-0.05, 0) is 49.1 Å². The van der Waals surface area contributed by atoms with Gasteiger partial charge in [-0.3, -0.25) is 4.79 Å². The van der Waals surface area contributed by atoms with E-state index in [1.165, 1.54) is 12.8 Å². The first kappa shape index (κ1) is 13.8. The number of fused-ring (bicyclic) bond motifs is 1. The van der Waals surface area contributed by atoms with E-state index in [9.17, 15) is 4.79 Å². The molecule has 3 aromatic rings. The van der Waals surface area contributed by atoms with Crippen LogP contribution in [0.1, 0.15) is 23.2 Å². The summed E-state index contributed by atoms with van der Waals surface area (Å²) < 4.78 is 0. The Labute approximate surface area is 133 Å². The summed E-state index contributed by atoms with van der Waals surface area (Å²) in [6, 6.07) is 9.19. The van der Waals surface area contributed by atoms with Gasteiger partial charge in [0.05, 0.1) is 22.9 Å². The molecule has 0 aliphatic heterocycles. The number of amides is 1. The predicted octanol–water partition coefficient (Wildman–Crippen LogP) is 3.03. The normalized spacial score (nSPS) is 13.9. The highest BCUT2D eigenvalue weighted by Crippen LogP contribution is 2.28. The number of carbonyl (C=O) groups excluding carboxylic acids is 1. The lowest BCUT2D eigenvalue weighted by atomic mass is 10.2. The van der Waals surface area contributed by atoms with Crippen molar-refractivity contribution in [2.75, 3.05) is 17.2 Å². The molecule has 1 amide bonds. The molecule has 1 saturated carbocycles. The highest BCUT2D eigenvalue weighted by molar-refractivity contribution is 6.04. The van der Waals surface area contributed by atoms with Crippen LogP contribution in [0.15, 0.2) is 42.9 Å². The van der Waals surface area contributed by atoms with Crippen LogP contribution in [0.2, 0.25) is 0 Å². The molecule has 0 radical (unpaired) electrons. The Kier molecular flexibility index (Phi) is 3.42. The van der Waals surface area contributed by atoms with Crippen LogP contribution in [0.25, 0.3) is 11.0 Å². The Hall–Kier alpha value is -2.89. The molecule has 1 aliphatic rings. The molecule has 0 saturated heterocycles. The van der Waals surface area contributed by atoms with Crippen LogP contribution in [-0.4, -0.2) is 27.4 Å². The number of aromatic nitrogens is 3. The summed E-state index contributed by atoms with van der Waals surface area (Å²) in [7, 11) is 0. The van der Waals surface area contributed by atoms with E-state index in [1.807, 2.05) is 24.3 Å². The summed E-state index contributed by atoms with van der Waals surface area (Å²) in [4.78, 5) is 23.8. The first-order valence-corrected chi connectivity index (χ1v) is 7.72. The van der Waals surface area contributed by atoms with E-state index >= 15 is 0 Å². The molecule has 23 heavy (non-hydrogen) atoms. The standard InChI is InChI=1S/C17H17N5O/c23-17(22-13-4-5-14-15(7-13)21-10-20-14)12-3-6-16(19-9-12)18-8-11-1-2-11/h3-7,9-11H,1-2,8H2,(H,18,19)(H,20,21)(H,22,23). The Morgan fingerprint density at radius 2 is 2.13 bits per heavy atom. The average molecular weight is 307 g/mol. The van der Waals surface area contributed by atoms with Crippen molar-refractivity contribution in [1.82, 2.24) is 15.0 Å². The van der Waals surface area contributed by atoms with E-state index in [0.29, 0.717) is 5.56 Å². The zero-order valence-electron chi connectivity index (χ0n) is 12.5. The van der Waals surface area contributed by atoms with Gasteiger partial charge < -0.3 is 15.6 Å². The molecule has 6 heteroatoms. The number of H-pyrrole nitrogens is 1. The lowest BCUT2D eigenvalue weighted by Gasteiger charge is -2.07. The van der Waals surface area contributed by atoms with Gasteiger partial charge in [-0.25, -0.2) is 9.97 Å². The van der Waals surface area contributed by atoms with E-state index in [1.54, 1.807) is 18.6 Å². The Balaban J connectivity index is 1.42. The lowest BCUT2D eigenvalue weighted by Crippen LogP contribution is -2.12. The van der Waals surface area contributed by atoms with Gasteiger partial charge in [-0.2, -0.15) is 0 Å². The quantitative estimate of drug-likeness (QED) is 0.676. The first-order valence-electron chi connectivity index (χ1n) is 7.72. The summed E-state index contributed by atoms with van der Waals surface area (Å²) in [6.45, 7) is 0.961. The van der Waals surface area contributed by atoms with Gasteiger partial charge in [0.25, 0.3) is 5.91 Å². The molecule has 116 valence electrons. The summed E-state index contributed by atoms with van der Waals surface area (Å²) in [5.41, 5.74) is 3.02. The maximum atomic E-state index is 12.3. The number of benzene rings is 1. The first-order chi connectivity index (χ1) is 11.3. The third-order valence-electron chi connectivity index (χ3n) is 3.97. The summed E-state index contributed by atoms with van der Waals surface area (Å²) >= 11 is 0. The average Bonchev–Trinajstić information content (AvgIpc) is 3.29. The molecule has 3 N–H and O–H groups in total. The Morgan fingerprint density at radius 3 is 2.91 bits per heavy atom. The molecule has 6 nitrogen and oxygen atoms in total. The number of imidazole rings is 1. The monoisotopic (exact) mass is 307 g/mol. The smallest absolute Gasteiger partial charge is 0.257 e. The summed E-state index contributed by atoms with van der Waals surface area (Å²) in [5.74, 6) is 1.43. The molecule has 0 atom stereocenters. The van der Waals surface area contributed by atoms with Gasteiger partial charge in [0.1, 0.15) is 5.82 Å². The van der Waals surface area contributed by atoms with Crippen molar-refractivity contribution in [2.45, 2.75) is 12.8 Å². The largest absolute Gasteiger partial charge is 0.370 e. The Morgan fingerprint density at radius 1 is 1.22 bits per heavy atom. The van der Waals surface area contributed by atoms with Gasteiger partial charge in [0, 0.05) is 18.4 Å². The summed E-state index contributed by atoms with van der Waals surface area (Å²) in [6.07, 6.45) is 5.83. The maximum absolute atomic E-state index is 12.3. The SMILES string of the molecule is O=C(Nc1ccc2nc[nH]c2c1)c1ccc(NCC2CC2)nc1. The molecule has 1 aliphatic carbocycles. The van der Waals surface area contributed by atoms with Crippen LogP contribution in [0.3, 0.4) is 0 Å². The van der Waals surface area contributed by atoms with Gasteiger partial charge in [-0.15, -0.1) is 0 Å². The molecule has 2 heterocycles. The number of hydrogen-bond donors (Lipinski definition) is 3. The van der Waals surface area contributed by atoms with Crippen molar-refractivity contribution < 1.29 is 4.79 Å². The van der Waals surface area contributed by atoms with Crippen LogP contribution in [0.4, 0.5) is 11.5 Å². The number of anilines is 2. The van der Waals surface area contributed by atoms with E-state index in [0.717, 1.165) is 35.0 Å². The zero-order valence-corrected chi connectivity index (χ0v) is 12.5. The molecule has 1 aromatic carbocycles. The minimum Gasteiger partial charge on any atom is -0.370 e. The third-order valence-corrected chi connectivity index (χ3v) is 3.97. The highest BCUT2D eigenvalue weighted by Gasteiger charge is 2.20. The van der Waals surface area contributed by atoms with E-state index < -0.39 is 0 Å². The van der Waals surface area contributed by atoms with Crippen molar-refractivity contribution in [2.24, 2.45) is 5.92 Å². The zero-order chi connectivity index (χ0) is 15.6. The number of rotatable bonds is 5. The number of nitrogens with zero attached hydrogens (tertiary/aromatic N) is 2. The van der Waals surface area contributed by atoms with Gasteiger partial charge >= 0.3 is 0 Å². The van der Waals surface area contributed by atoms with E-state index in [-0.39, 0.29) is 5.91 Å². The minimum atomic E-state index is -0.176. The molecule has 0 unspecified atom stereocenters. The van der Waals surface area contributed by atoms with Gasteiger partial charge in [0.15, 0.2) is 0 Å². The van der Waals surface area contributed by atoms with Crippen molar-refractivity contribution >= 4 is 28.4 Å². The van der Waals surface area contributed by atoms with Crippen molar-refractivity contribution in [1.29, 1.82) is 0 Å². The number of nitrogens with one attached hydrogen (secondary N) is 3. The van der Waals surface area contributed by atoms with Gasteiger partial charge in [-0.1, -0.05) is 0 Å². The second-order valence-corrected chi connectivity index (χ2v) is 5.84. The number of carbonyl (C=O) groups is 1. The van der Waals surface area contributed by atoms with Crippen LogP contribution in [0.5, 0.6) is 0 Å². The molecule has 2 aromatic heterocycles. The minimum absolute atomic E-state index is 0.176. The number of pyridine rings is 1.